The second-order valence-electron chi connectivity index (χ2n) is 13.7. The van der Waals surface area contributed by atoms with Gasteiger partial charge in [0.25, 0.3) is 0 Å². The summed E-state index contributed by atoms with van der Waals surface area (Å²) >= 11 is 10.9. The van der Waals surface area contributed by atoms with Crippen molar-refractivity contribution >= 4 is 100 Å². The molecule has 8 bridgehead atoms. The van der Waals surface area contributed by atoms with E-state index in [1.54, 1.807) is 19.1 Å². The van der Waals surface area contributed by atoms with Crippen LogP contribution >= 0.6 is 47.8 Å². The molecule has 6 nitrogen and oxygen atoms in total. The minimum atomic E-state index is -0.471. The van der Waals surface area contributed by atoms with Gasteiger partial charge < -0.3 is 14.7 Å². The summed E-state index contributed by atoms with van der Waals surface area (Å²) in [5.74, 6) is -0.0395. The SMILES string of the molecule is C=C(C)C(=O)Oc1ccc(-c2c3nc(c(-c4ccc(Br)cc4)c4ccc([nH]4)c(-c4ccc(Br)cc4)c4nc(c(-c5ccc(Br)cc5)c5ccc2[nH]5)C=C4)C=C3)cc1. The Bertz CT molecular complexity index is 2930. The van der Waals surface area contributed by atoms with Crippen molar-refractivity contribution in [1.29, 1.82) is 0 Å². The molecule has 0 saturated heterocycles. The van der Waals surface area contributed by atoms with Gasteiger partial charge in [0.1, 0.15) is 5.75 Å². The van der Waals surface area contributed by atoms with Crippen molar-refractivity contribution < 1.29 is 9.53 Å². The second-order valence-corrected chi connectivity index (χ2v) is 16.5. The molecule has 7 aromatic rings. The van der Waals surface area contributed by atoms with Crippen molar-refractivity contribution in [2.45, 2.75) is 6.92 Å². The summed E-state index contributed by atoms with van der Waals surface area (Å²) in [7, 11) is 0. The van der Waals surface area contributed by atoms with Crippen molar-refractivity contribution in [3.05, 3.63) is 170 Å². The van der Waals surface area contributed by atoms with Crippen molar-refractivity contribution in [3.63, 3.8) is 0 Å². The van der Waals surface area contributed by atoms with Gasteiger partial charge in [0.2, 0.25) is 0 Å². The van der Waals surface area contributed by atoms with Gasteiger partial charge in [-0.05, 0) is 126 Å². The van der Waals surface area contributed by atoms with Gasteiger partial charge in [-0.15, -0.1) is 0 Å². The lowest BCUT2D eigenvalue weighted by molar-refractivity contribution is -0.130. The molecule has 5 heterocycles. The number of nitrogens with zero attached hydrogens (tertiary/aromatic N) is 2. The maximum atomic E-state index is 12.3. The number of rotatable bonds is 6. The van der Waals surface area contributed by atoms with Crippen LogP contribution in [0, 0.1) is 0 Å². The van der Waals surface area contributed by atoms with Gasteiger partial charge in [-0.25, -0.2) is 14.8 Å². The van der Waals surface area contributed by atoms with E-state index < -0.39 is 5.97 Å². The summed E-state index contributed by atoms with van der Waals surface area (Å²) in [6, 6.07) is 40.8. The molecule has 0 aliphatic carbocycles. The fourth-order valence-corrected chi connectivity index (χ4v) is 7.95. The molecule has 2 aliphatic heterocycles. The monoisotopic (exact) mass is 932 g/mol. The molecule has 0 saturated carbocycles. The van der Waals surface area contributed by atoms with E-state index in [2.05, 4.69) is 161 Å². The standard InChI is InChI=1S/C48H31Br3N4O2/c1-27(2)48(56)57-35-17-9-31(10-18-35)47-42-25-23-40(54-42)45(29-5-13-33(50)14-6-29)38-21-19-36(52-38)44(28-3-11-32(49)12-4-28)37-20-22-39(53-37)46(41-24-26-43(47)55-41)30-7-15-34(51)16-8-30/h3-26,52,55H,1H2,2H3. The van der Waals surface area contributed by atoms with Gasteiger partial charge in [-0.2, -0.15) is 0 Å². The minimum absolute atomic E-state index is 0.331. The second kappa shape index (κ2) is 15.2. The van der Waals surface area contributed by atoms with E-state index in [1.807, 2.05) is 36.4 Å². The smallest absolute Gasteiger partial charge is 0.338 e. The van der Waals surface area contributed by atoms with Gasteiger partial charge in [0.05, 0.1) is 22.8 Å². The summed E-state index contributed by atoms with van der Waals surface area (Å²) in [5.41, 5.74) is 14.9. The van der Waals surface area contributed by atoms with Crippen molar-refractivity contribution in [3.8, 4) is 50.3 Å². The maximum Gasteiger partial charge on any atom is 0.338 e. The average Bonchev–Trinajstić information content (AvgIpc) is 4.05. The highest BCUT2D eigenvalue weighted by atomic mass is 79.9. The van der Waals surface area contributed by atoms with E-state index >= 15 is 0 Å². The van der Waals surface area contributed by atoms with Gasteiger partial charge in [-0.1, -0.05) is 103 Å². The van der Waals surface area contributed by atoms with E-state index in [-0.39, 0.29) is 0 Å². The molecule has 0 fully saturated rings. The van der Waals surface area contributed by atoms with Gasteiger partial charge in [0.15, 0.2) is 0 Å². The number of fused-ring (bicyclic) bond motifs is 8. The molecule has 57 heavy (non-hydrogen) atoms. The van der Waals surface area contributed by atoms with Crippen LogP contribution in [0.15, 0.2) is 147 Å². The highest BCUT2D eigenvalue weighted by molar-refractivity contribution is 9.11. The third kappa shape index (κ3) is 7.30. The van der Waals surface area contributed by atoms with Gasteiger partial charge in [0, 0.05) is 63.3 Å². The third-order valence-corrected chi connectivity index (χ3v) is 11.4. The molecule has 4 aromatic carbocycles. The predicted octanol–water partition coefficient (Wildman–Crippen LogP) is 14.1. The highest BCUT2D eigenvalue weighted by Gasteiger charge is 2.19. The molecule has 2 N–H and O–H groups in total. The number of halogens is 3. The number of carbonyl (C=O) groups excluding carboxylic acids is 1. The first-order valence-corrected chi connectivity index (χ1v) is 20.5. The number of ether oxygens (including phenoxy) is 1. The van der Waals surface area contributed by atoms with Crippen LogP contribution in [0.1, 0.15) is 29.7 Å². The van der Waals surface area contributed by atoms with Crippen molar-refractivity contribution in [1.82, 2.24) is 19.9 Å². The lowest BCUT2D eigenvalue weighted by Crippen LogP contribution is -2.07. The molecule has 276 valence electrons. The Labute approximate surface area is 354 Å². The normalized spacial score (nSPS) is 11.9. The average molecular weight is 936 g/mol. The number of esters is 1. The van der Waals surface area contributed by atoms with Crippen LogP contribution in [-0.2, 0) is 4.79 Å². The molecule has 0 unspecified atom stereocenters. The fourth-order valence-electron chi connectivity index (χ4n) is 7.15. The molecule has 9 rings (SSSR count). The maximum absolute atomic E-state index is 12.3. The Morgan fingerprint density at radius 3 is 1.04 bits per heavy atom. The number of carbonyl (C=O) groups is 1. The van der Waals surface area contributed by atoms with E-state index in [0.29, 0.717) is 11.3 Å². The number of hydrogen-bond acceptors (Lipinski definition) is 4. The lowest BCUT2D eigenvalue weighted by Gasteiger charge is -2.08. The summed E-state index contributed by atoms with van der Waals surface area (Å²) < 4.78 is 8.52. The van der Waals surface area contributed by atoms with Crippen LogP contribution in [0.25, 0.3) is 90.9 Å². The lowest BCUT2D eigenvalue weighted by atomic mass is 10.0. The van der Waals surface area contributed by atoms with Crippen LogP contribution in [0.2, 0.25) is 0 Å². The number of aromatic amines is 2. The molecule has 3 aromatic heterocycles. The van der Waals surface area contributed by atoms with E-state index in [4.69, 9.17) is 14.7 Å². The van der Waals surface area contributed by atoms with Crippen LogP contribution < -0.4 is 4.74 Å². The fraction of sp³-hybridized carbons (Fsp3) is 0.0208. The number of aromatic nitrogens is 4. The molecule has 0 amide bonds. The summed E-state index contributed by atoms with van der Waals surface area (Å²) in [6.45, 7) is 5.35. The first-order chi connectivity index (χ1) is 27.7. The van der Waals surface area contributed by atoms with Crippen molar-refractivity contribution in [2.24, 2.45) is 0 Å². The molecule has 0 spiro atoms. The number of nitrogens with one attached hydrogen (secondary N) is 2. The van der Waals surface area contributed by atoms with Crippen molar-refractivity contribution in [2.75, 3.05) is 0 Å². The zero-order chi connectivity index (χ0) is 39.2. The predicted molar refractivity (Wildman–Crippen MR) is 244 cm³/mol. The number of hydrogen-bond donors (Lipinski definition) is 2. The topological polar surface area (TPSA) is 83.7 Å². The van der Waals surface area contributed by atoms with E-state index in [9.17, 15) is 4.79 Å². The van der Waals surface area contributed by atoms with E-state index in [1.165, 1.54) is 0 Å². The van der Waals surface area contributed by atoms with Crippen LogP contribution in [0.4, 0.5) is 0 Å². The number of benzene rings is 4. The molecular weight excluding hydrogens is 904 g/mol. The quantitative estimate of drug-likeness (QED) is 0.0988. The zero-order valence-electron chi connectivity index (χ0n) is 30.4. The molecular formula is C48H31Br3N4O2. The van der Waals surface area contributed by atoms with Gasteiger partial charge >= 0.3 is 5.97 Å². The summed E-state index contributed by atoms with van der Waals surface area (Å²) in [4.78, 5) is 30.6. The zero-order valence-corrected chi connectivity index (χ0v) is 35.2. The molecule has 0 radical (unpaired) electrons. The molecule has 0 atom stereocenters. The Morgan fingerprint density at radius 2 is 0.754 bits per heavy atom. The molecule has 9 heteroatoms. The first-order valence-electron chi connectivity index (χ1n) is 18.1. The number of H-pyrrole nitrogens is 2. The summed E-state index contributed by atoms with van der Waals surface area (Å²) in [5, 5.41) is 0. The Hall–Kier alpha value is -5.87. The largest absolute Gasteiger partial charge is 0.423 e. The third-order valence-electron chi connectivity index (χ3n) is 9.85. The molecule has 2 aliphatic rings. The Morgan fingerprint density at radius 1 is 0.474 bits per heavy atom. The first kappa shape index (κ1) is 36.7. The van der Waals surface area contributed by atoms with Crippen LogP contribution in [-0.4, -0.2) is 25.9 Å². The Balaban J connectivity index is 1.41. The Kier molecular flexibility index (Phi) is 9.82. The highest BCUT2D eigenvalue weighted by Crippen LogP contribution is 2.39. The van der Waals surface area contributed by atoms with Gasteiger partial charge in [-0.3, -0.25) is 0 Å². The minimum Gasteiger partial charge on any atom is -0.423 e. The van der Waals surface area contributed by atoms with Crippen LogP contribution in [0.3, 0.4) is 0 Å². The summed E-state index contributed by atoms with van der Waals surface area (Å²) in [6.07, 6.45) is 8.32. The van der Waals surface area contributed by atoms with E-state index in [0.717, 1.165) is 103 Å². The van der Waals surface area contributed by atoms with Crippen LogP contribution in [0.5, 0.6) is 5.75 Å².